The molecule has 2 spiro atoms. The summed E-state index contributed by atoms with van der Waals surface area (Å²) >= 11 is 10.3. The minimum atomic E-state index is -1.67. The predicted octanol–water partition coefficient (Wildman–Crippen LogP) is 19.5. The number of nitrogens with zero attached hydrogens (tertiary/aromatic N) is 9. The van der Waals surface area contributed by atoms with E-state index in [4.69, 9.17) is 72.4 Å². The highest BCUT2D eigenvalue weighted by molar-refractivity contribution is 9.11. The molecule has 16 rings (SSSR count). The molecule has 10 aromatic rings. The van der Waals surface area contributed by atoms with Crippen LogP contribution in [0.5, 0.6) is 23.0 Å². The lowest BCUT2D eigenvalue weighted by atomic mass is 9.80. The maximum Gasteiger partial charge on any atom is 0.488 e. The third-order valence-electron chi connectivity index (χ3n) is 18.4. The van der Waals surface area contributed by atoms with Crippen LogP contribution in [0.2, 0.25) is 39.3 Å². The molecule has 6 heterocycles. The Kier molecular flexibility index (Phi) is 32.2. The molecule has 6 aliphatic heterocycles. The molecule has 612 valence electrons. The molecule has 0 bridgehead atoms. The maximum atomic E-state index is 13.8. The number of nitrogens with two attached hydrogens (primary N) is 2. The van der Waals surface area contributed by atoms with Gasteiger partial charge in [-0.1, -0.05) is 187 Å². The second-order valence-electron chi connectivity index (χ2n) is 29.3. The smallest absolute Gasteiger partial charge is 0.485 e. The van der Waals surface area contributed by atoms with E-state index in [2.05, 4.69) is 135 Å². The average molecular weight is 1850 g/mol. The van der Waals surface area contributed by atoms with Gasteiger partial charge in [0.25, 0.3) is 0 Å². The van der Waals surface area contributed by atoms with Gasteiger partial charge in [-0.3, -0.25) is 14.1 Å². The number of hydrogen-bond acceptors (Lipinski definition) is 21. The van der Waals surface area contributed by atoms with E-state index < -0.39 is 46.7 Å². The van der Waals surface area contributed by atoms with Gasteiger partial charge in [0, 0.05) is 65.5 Å². The molecule has 31 heteroatoms. The number of Topliss-reactive ketones (excluding diaryl/α,β-unsaturated/α-hetero) is 1. The highest BCUT2D eigenvalue weighted by Crippen LogP contribution is 2.53. The number of carbonyl (C=O) groups excluding carboxylic acids is 1. The van der Waals surface area contributed by atoms with Crippen molar-refractivity contribution in [2.75, 3.05) is 21.1 Å². The first-order valence-electron chi connectivity index (χ1n) is 37.2. The molecular formula is C88H87BBr3ClF2N12O10Si2. The van der Waals surface area contributed by atoms with Crippen molar-refractivity contribution in [2.45, 2.75) is 101 Å². The Morgan fingerprint density at radius 1 is 0.571 bits per heavy atom. The second-order valence-corrected chi connectivity index (χ2v) is 41.2. The van der Waals surface area contributed by atoms with Crippen LogP contribution >= 0.6 is 60.2 Å². The fourth-order valence-electron chi connectivity index (χ4n) is 12.8. The number of ether oxygens (including phenoxy) is 4. The third-order valence-corrected chi connectivity index (χ3v) is 21.4. The van der Waals surface area contributed by atoms with Gasteiger partial charge >= 0.3 is 7.12 Å². The van der Waals surface area contributed by atoms with E-state index >= 15 is 0 Å². The molecule has 0 fully saturated rings. The molecule has 0 saturated carbocycles. The first-order chi connectivity index (χ1) is 56.3. The summed E-state index contributed by atoms with van der Waals surface area (Å²) in [6.45, 7) is 20.3. The summed E-state index contributed by atoms with van der Waals surface area (Å²) in [5.74, 6) is 2.47. The van der Waals surface area contributed by atoms with Crippen LogP contribution in [0.4, 0.5) is 14.5 Å². The van der Waals surface area contributed by atoms with E-state index in [9.17, 15) is 13.6 Å². The number of allylic oxidation sites excluding steroid dienone is 1. The van der Waals surface area contributed by atoms with Gasteiger partial charge in [-0.15, -0.1) is 12.4 Å². The summed E-state index contributed by atoms with van der Waals surface area (Å²) in [5.41, 5.74) is 21.9. The van der Waals surface area contributed by atoms with E-state index in [-0.39, 0.29) is 65.3 Å². The van der Waals surface area contributed by atoms with Crippen LogP contribution in [0.25, 0.3) is 21.5 Å². The minimum Gasteiger partial charge on any atom is -0.485 e. The monoisotopic (exact) mass is 1850 g/mol. The summed E-state index contributed by atoms with van der Waals surface area (Å²) < 4.78 is 62.4. The van der Waals surface area contributed by atoms with Crippen molar-refractivity contribution in [2.24, 2.45) is 30.8 Å². The number of guanidine groups is 2. The molecule has 10 aromatic carbocycles. The number of hydroxylamine groups is 5. The SMILES string of the molecule is CN1OC2(CC(c3ccccc3)Oc3ccc(Br)cc32)N=C1N.CNO.C[Si](C)(C)N=C=N[Si](C)(C)C.Cl.N#C/C=C1\CC(c2ccccc2)Oc2ccc(Br)cc21.N#Cc1cc(B(O)O)ccc1F.O=C1CC(c2ccccc2)Oc2ccc(Br)cc21.[C-]#[N+]c1cc(-c2ccc3c(c2)C2(CC(c4ccccc4)O3)N=C(N)N(C)O2)ccc1F. The van der Waals surface area contributed by atoms with Crippen molar-refractivity contribution in [3.63, 3.8) is 0 Å². The lowest BCUT2D eigenvalue weighted by Gasteiger charge is -2.37. The summed E-state index contributed by atoms with van der Waals surface area (Å²) in [6.07, 6.45) is 3.10. The van der Waals surface area contributed by atoms with Gasteiger partial charge in [0.2, 0.25) is 29.1 Å². The van der Waals surface area contributed by atoms with E-state index in [1.807, 2.05) is 182 Å². The van der Waals surface area contributed by atoms with Crippen LogP contribution in [-0.2, 0) is 21.1 Å². The zero-order chi connectivity index (χ0) is 85.1. The van der Waals surface area contributed by atoms with Crippen LogP contribution in [0.15, 0.2) is 269 Å². The molecule has 0 amide bonds. The second kappa shape index (κ2) is 41.6. The van der Waals surface area contributed by atoms with Crippen molar-refractivity contribution in [3.05, 3.63) is 323 Å². The van der Waals surface area contributed by atoms with Crippen LogP contribution < -0.4 is 41.4 Å². The zero-order valence-corrected chi connectivity index (χ0v) is 74.0. The lowest BCUT2D eigenvalue weighted by molar-refractivity contribution is -0.191. The first-order valence-corrected chi connectivity index (χ1v) is 46.4. The van der Waals surface area contributed by atoms with Crippen LogP contribution in [-0.4, -0.2) is 93.8 Å². The largest absolute Gasteiger partial charge is 0.488 e. The Morgan fingerprint density at radius 3 is 1.40 bits per heavy atom. The first kappa shape index (κ1) is 91.9. The molecule has 0 radical (unpaired) electrons. The Hall–Kier alpha value is -11.0. The molecule has 8 N–H and O–H groups in total. The highest BCUT2D eigenvalue weighted by Gasteiger charge is 2.51. The van der Waals surface area contributed by atoms with Gasteiger partial charge in [-0.2, -0.15) is 10.5 Å². The summed E-state index contributed by atoms with van der Waals surface area (Å²) in [6, 6.07) is 77.3. The van der Waals surface area contributed by atoms with Gasteiger partial charge in [-0.05, 0) is 175 Å². The number of halogens is 6. The van der Waals surface area contributed by atoms with Gasteiger partial charge in [-0.25, -0.2) is 48.9 Å². The average Bonchev–Trinajstić information content (AvgIpc) is 1.65. The summed E-state index contributed by atoms with van der Waals surface area (Å²) in [4.78, 5) is 36.9. The zero-order valence-electron chi connectivity index (χ0n) is 66.4. The quantitative estimate of drug-likeness (QED) is 0.0271. The number of fused-ring (bicyclic) bond motifs is 6. The number of nitrogens with one attached hydrogen (secondary N) is 1. The molecule has 6 atom stereocenters. The van der Waals surface area contributed by atoms with Crippen molar-refractivity contribution in [1.82, 2.24) is 15.6 Å². The Bertz CT molecular complexity index is 5510. The number of ketones is 1. The summed E-state index contributed by atoms with van der Waals surface area (Å²) in [7, 11) is 0.609. The molecule has 0 aliphatic carbocycles. The van der Waals surface area contributed by atoms with E-state index in [0.717, 1.165) is 92.7 Å². The van der Waals surface area contributed by atoms with Crippen molar-refractivity contribution >= 4 is 124 Å². The van der Waals surface area contributed by atoms with Crippen molar-refractivity contribution in [1.29, 1.82) is 10.5 Å². The number of benzene rings is 10. The fourth-order valence-corrected chi connectivity index (χ4v) is 14.7. The molecular weight excluding hydrogens is 1770 g/mol. The highest BCUT2D eigenvalue weighted by atomic mass is 79.9. The van der Waals surface area contributed by atoms with Crippen molar-refractivity contribution in [3.8, 4) is 46.3 Å². The molecule has 6 unspecified atom stereocenters. The van der Waals surface area contributed by atoms with E-state index in [1.165, 1.54) is 35.4 Å². The lowest BCUT2D eigenvalue weighted by Crippen LogP contribution is -2.36. The molecule has 0 aromatic heterocycles. The summed E-state index contributed by atoms with van der Waals surface area (Å²) in [5, 5.41) is 45.0. The third kappa shape index (κ3) is 24.4. The van der Waals surface area contributed by atoms with Gasteiger partial charge in [0.05, 0.1) is 47.3 Å². The van der Waals surface area contributed by atoms with Gasteiger partial charge in [0.1, 0.15) is 65.1 Å². The number of aliphatic imine (C=N–C) groups is 2. The molecule has 22 nitrogen and oxygen atoms in total. The fraction of sp³-hybridized carbons (Fsp3) is 0.216. The molecule has 6 aliphatic rings. The van der Waals surface area contributed by atoms with Gasteiger partial charge in [0.15, 0.2) is 22.3 Å². The topological polar surface area (TPSA) is 305 Å². The standard InChI is InChI=1S/C24H19FN4O2.C17H16BrN3O2.C17H12BrNO.C15H11BrO2.C7H5BFNO2.C7H18N2Si2.CH5NO.ClH/c1-27-20-13-17(8-10-19(20)25)16-9-11-21-18(12-16)24(28-23(26)29(2)31-24)14-22(30-21)15-6-4-3-5-7-15;1-21-16(19)20-17(23-21)10-15(11-5-3-2-4-6-11)22-14-8-7-12(18)9-13(14)17;18-14-6-7-16-15(11-14)13(8-9-19)10-17(20-16)12-4-2-1-3-5-12;16-11-6-7-14-12(8-11)13(17)9-15(18-14)10-4-2-1-3-5-10;9-7-2-1-6(8(11)12)3-5(7)4-10;1-10(2,3)8-7-9-11(4,5)6;1-2-3;/h3-13,22H,14H2,2H3,(H2,26,28);2-9,15H,10H2,1H3,(H2,19,20);1-8,11,17H,10H2;1-8,15H,9H2;1-3,11-12H;1-6H3;2-3H,1H3;1H/b;;13-8+;;;;;. The Morgan fingerprint density at radius 2 is 0.966 bits per heavy atom. The predicted molar refractivity (Wildman–Crippen MR) is 476 cm³/mol. The number of rotatable bonds is 8. The number of hydrogen-bond donors (Lipinski definition) is 6. The van der Waals surface area contributed by atoms with Crippen LogP contribution in [0, 0.1) is 40.9 Å². The van der Waals surface area contributed by atoms with Crippen LogP contribution in [0.1, 0.15) is 105 Å². The number of nitriles is 2. The van der Waals surface area contributed by atoms with Crippen LogP contribution in [0.3, 0.4) is 0 Å². The Balaban J connectivity index is 0.000000166. The Labute approximate surface area is 724 Å². The van der Waals surface area contributed by atoms with Crippen molar-refractivity contribution < 1.29 is 57.5 Å². The minimum absolute atomic E-state index is 0. The molecule has 119 heavy (non-hydrogen) atoms. The van der Waals surface area contributed by atoms with E-state index in [1.54, 1.807) is 37.8 Å². The number of carbonyl (C=O) groups is 1. The normalized spacial score (nSPS) is 18.8. The van der Waals surface area contributed by atoms with E-state index in [0.29, 0.717) is 48.7 Å². The molecule has 0 saturated heterocycles. The maximum absolute atomic E-state index is 13.8. The van der Waals surface area contributed by atoms with Gasteiger partial charge < -0.3 is 45.7 Å².